The summed E-state index contributed by atoms with van der Waals surface area (Å²) in [6.45, 7) is 2.31. The van der Waals surface area contributed by atoms with Crippen LogP contribution >= 0.6 is 0 Å². The van der Waals surface area contributed by atoms with Gasteiger partial charge in [-0.05, 0) is 24.8 Å². The SMILES string of the molecule is CN(C)S(=O)(=O)N1CCC[C@@]2(CCC(=O)N(Cc3ccccc3)C2)C1. The molecule has 0 radical (unpaired) electrons. The van der Waals surface area contributed by atoms with E-state index in [9.17, 15) is 13.2 Å². The summed E-state index contributed by atoms with van der Waals surface area (Å²) >= 11 is 0. The maximum absolute atomic E-state index is 12.5. The van der Waals surface area contributed by atoms with Crippen molar-refractivity contribution >= 4 is 16.1 Å². The van der Waals surface area contributed by atoms with E-state index in [2.05, 4.69) is 0 Å². The van der Waals surface area contributed by atoms with E-state index in [4.69, 9.17) is 0 Å². The van der Waals surface area contributed by atoms with E-state index < -0.39 is 10.2 Å². The molecule has 1 aromatic rings. The molecular formula is C18H27N3O3S. The summed E-state index contributed by atoms with van der Waals surface area (Å²) in [4.78, 5) is 14.3. The topological polar surface area (TPSA) is 60.9 Å². The largest absolute Gasteiger partial charge is 0.338 e. The molecule has 2 saturated heterocycles. The van der Waals surface area contributed by atoms with Crippen LogP contribution in [0.3, 0.4) is 0 Å². The van der Waals surface area contributed by atoms with Crippen LogP contribution in [0.4, 0.5) is 0 Å². The molecule has 25 heavy (non-hydrogen) atoms. The number of likely N-dealkylation sites (tertiary alicyclic amines) is 1. The zero-order chi connectivity index (χ0) is 18.1. The fourth-order valence-electron chi connectivity index (χ4n) is 3.97. The Balaban J connectivity index is 1.76. The van der Waals surface area contributed by atoms with Crippen molar-refractivity contribution < 1.29 is 13.2 Å². The number of amides is 1. The summed E-state index contributed by atoms with van der Waals surface area (Å²) in [5, 5.41) is 0. The van der Waals surface area contributed by atoms with Gasteiger partial charge in [0, 0.05) is 52.1 Å². The van der Waals surface area contributed by atoms with Gasteiger partial charge in [0.05, 0.1) is 0 Å². The molecule has 0 N–H and O–H groups in total. The molecule has 0 aromatic heterocycles. The number of rotatable bonds is 4. The molecular weight excluding hydrogens is 338 g/mol. The Hall–Kier alpha value is -1.44. The minimum Gasteiger partial charge on any atom is -0.338 e. The van der Waals surface area contributed by atoms with Crippen molar-refractivity contribution in [1.29, 1.82) is 0 Å². The van der Waals surface area contributed by atoms with Crippen LogP contribution in [0.25, 0.3) is 0 Å². The van der Waals surface area contributed by atoms with Crippen molar-refractivity contribution in [3.8, 4) is 0 Å². The lowest BCUT2D eigenvalue weighted by atomic mass is 9.74. The first kappa shape index (κ1) is 18.4. The number of piperidine rings is 2. The molecule has 1 amide bonds. The van der Waals surface area contributed by atoms with Gasteiger partial charge in [-0.3, -0.25) is 4.79 Å². The van der Waals surface area contributed by atoms with Crippen LogP contribution in [-0.2, 0) is 21.5 Å². The number of benzene rings is 1. The first-order chi connectivity index (χ1) is 11.8. The highest BCUT2D eigenvalue weighted by Crippen LogP contribution is 2.40. The molecule has 0 saturated carbocycles. The molecule has 2 heterocycles. The van der Waals surface area contributed by atoms with Gasteiger partial charge in [0.25, 0.3) is 10.2 Å². The minimum absolute atomic E-state index is 0.121. The molecule has 0 unspecified atom stereocenters. The number of hydrogen-bond donors (Lipinski definition) is 0. The Morgan fingerprint density at radius 3 is 2.52 bits per heavy atom. The molecule has 0 aliphatic carbocycles. The molecule has 1 spiro atoms. The zero-order valence-electron chi connectivity index (χ0n) is 15.0. The van der Waals surface area contributed by atoms with Crippen LogP contribution in [-0.4, -0.2) is 61.6 Å². The first-order valence-electron chi connectivity index (χ1n) is 8.82. The first-order valence-corrected chi connectivity index (χ1v) is 10.2. The average molecular weight is 365 g/mol. The predicted octanol–water partition coefficient (Wildman–Crippen LogP) is 1.70. The Bertz CT molecular complexity index is 720. The third-order valence-corrected chi connectivity index (χ3v) is 7.27. The van der Waals surface area contributed by atoms with Gasteiger partial charge in [0.1, 0.15) is 0 Å². The van der Waals surface area contributed by atoms with E-state index in [1.54, 1.807) is 18.4 Å². The van der Waals surface area contributed by atoms with Crippen molar-refractivity contribution in [2.24, 2.45) is 5.41 Å². The van der Waals surface area contributed by atoms with Crippen LogP contribution < -0.4 is 0 Å². The summed E-state index contributed by atoms with van der Waals surface area (Å²) < 4.78 is 27.9. The van der Waals surface area contributed by atoms with E-state index in [1.165, 1.54) is 4.31 Å². The molecule has 1 aromatic carbocycles. The van der Waals surface area contributed by atoms with Gasteiger partial charge in [-0.15, -0.1) is 0 Å². The molecule has 0 bridgehead atoms. The highest BCUT2D eigenvalue weighted by Gasteiger charge is 2.44. The van der Waals surface area contributed by atoms with Crippen molar-refractivity contribution in [3.05, 3.63) is 35.9 Å². The smallest absolute Gasteiger partial charge is 0.281 e. The molecule has 6 nitrogen and oxygen atoms in total. The Morgan fingerprint density at radius 1 is 1.12 bits per heavy atom. The lowest BCUT2D eigenvalue weighted by Gasteiger charge is -2.48. The van der Waals surface area contributed by atoms with Gasteiger partial charge in [-0.2, -0.15) is 17.0 Å². The number of nitrogens with zero attached hydrogens (tertiary/aromatic N) is 3. The second kappa shape index (κ2) is 7.05. The fourth-order valence-corrected chi connectivity index (χ4v) is 5.23. The lowest BCUT2D eigenvalue weighted by molar-refractivity contribution is -0.139. The van der Waals surface area contributed by atoms with E-state index in [-0.39, 0.29) is 11.3 Å². The summed E-state index contributed by atoms with van der Waals surface area (Å²) in [7, 11) is -0.258. The Kier molecular flexibility index (Phi) is 5.18. The fraction of sp³-hybridized carbons (Fsp3) is 0.611. The second-order valence-corrected chi connectivity index (χ2v) is 9.61. The van der Waals surface area contributed by atoms with Gasteiger partial charge < -0.3 is 4.90 Å². The monoisotopic (exact) mass is 365 g/mol. The summed E-state index contributed by atoms with van der Waals surface area (Å²) in [6.07, 6.45) is 3.10. The minimum atomic E-state index is -3.40. The van der Waals surface area contributed by atoms with Gasteiger partial charge >= 0.3 is 0 Å². The molecule has 1 atom stereocenters. The number of hydrogen-bond acceptors (Lipinski definition) is 3. The van der Waals surface area contributed by atoms with Gasteiger partial charge in [0.2, 0.25) is 5.91 Å². The van der Waals surface area contributed by atoms with E-state index in [1.807, 2.05) is 35.2 Å². The quantitative estimate of drug-likeness (QED) is 0.816. The lowest BCUT2D eigenvalue weighted by Crippen LogP contribution is -2.56. The molecule has 7 heteroatoms. The molecule has 3 rings (SSSR count). The van der Waals surface area contributed by atoms with E-state index in [0.717, 1.165) is 24.8 Å². The summed E-state index contributed by atoms with van der Waals surface area (Å²) in [5.74, 6) is 0.169. The molecule has 138 valence electrons. The highest BCUT2D eigenvalue weighted by atomic mass is 32.2. The third-order valence-electron chi connectivity index (χ3n) is 5.38. The van der Waals surface area contributed by atoms with Gasteiger partial charge in [-0.1, -0.05) is 30.3 Å². The third kappa shape index (κ3) is 3.88. The summed E-state index contributed by atoms with van der Waals surface area (Å²) in [5.41, 5.74) is 0.991. The average Bonchev–Trinajstić information content (AvgIpc) is 2.59. The predicted molar refractivity (Wildman–Crippen MR) is 96.9 cm³/mol. The maximum Gasteiger partial charge on any atom is 0.281 e. The number of carbonyl (C=O) groups is 1. The van der Waals surface area contributed by atoms with Crippen LogP contribution in [0, 0.1) is 5.41 Å². The van der Waals surface area contributed by atoms with Gasteiger partial charge in [-0.25, -0.2) is 0 Å². The van der Waals surface area contributed by atoms with Crippen LogP contribution in [0.15, 0.2) is 30.3 Å². The normalized spacial score (nSPS) is 25.7. The van der Waals surface area contributed by atoms with Crippen LogP contribution in [0.5, 0.6) is 0 Å². The molecule has 2 aliphatic rings. The van der Waals surface area contributed by atoms with Gasteiger partial charge in [0.15, 0.2) is 0 Å². The van der Waals surface area contributed by atoms with Crippen LogP contribution in [0.1, 0.15) is 31.2 Å². The van der Waals surface area contributed by atoms with Crippen molar-refractivity contribution in [2.45, 2.75) is 32.2 Å². The zero-order valence-corrected chi connectivity index (χ0v) is 15.8. The Morgan fingerprint density at radius 2 is 1.84 bits per heavy atom. The standard InChI is InChI=1S/C18H27N3O3S/c1-19(2)25(23,24)21-12-6-10-18(15-21)11-9-17(22)20(14-18)13-16-7-4-3-5-8-16/h3-5,7-8H,6,9-15H2,1-2H3/t18-/m0/s1. The highest BCUT2D eigenvalue weighted by molar-refractivity contribution is 7.86. The van der Waals surface area contributed by atoms with E-state index in [0.29, 0.717) is 32.6 Å². The van der Waals surface area contributed by atoms with Crippen molar-refractivity contribution in [1.82, 2.24) is 13.5 Å². The van der Waals surface area contributed by atoms with Crippen molar-refractivity contribution in [2.75, 3.05) is 33.7 Å². The maximum atomic E-state index is 12.5. The van der Waals surface area contributed by atoms with E-state index >= 15 is 0 Å². The van der Waals surface area contributed by atoms with Crippen LogP contribution in [0.2, 0.25) is 0 Å². The van der Waals surface area contributed by atoms with Crippen molar-refractivity contribution in [3.63, 3.8) is 0 Å². The molecule has 2 fully saturated rings. The summed E-state index contributed by atoms with van der Waals surface area (Å²) in [6, 6.07) is 9.97. The molecule has 2 aliphatic heterocycles. The number of carbonyl (C=O) groups excluding carboxylic acids is 1. The second-order valence-electron chi connectivity index (χ2n) is 7.46. The Labute approximate surface area is 150 Å².